The number of likely N-dealkylation sites (tertiary alicyclic amines) is 1. The van der Waals surface area contributed by atoms with Crippen LogP contribution in [0.2, 0.25) is 0 Å². The molecule has 2 fully saturated rings. The van der Waals surface area contributed by atoms with Crippen molar-refractivity contribution in [1.29, 1.82) is 0 Å². The molecular formula is C19H25F3N2O2. The molecule has 1 aromatic carbocycles. The highest BCUT2D eigenvalue weighted by Crippen LogP contribution is 2.29. The van der Waals surface area contributed by atoms with Gasteiger partial charge in [0.05, 0.1) is 5.56 Å². The first kappa shape index (κ1) is 19.2. The van der Waals surface area contributed by atoms with E-state index in [1.165, 1.54) is 12.1 Å². The highest BCUT2D eigenvalue weighted by atomic mass is 19.4. The molecule has 1 atom stereocenters. The van der Waals surface area contributed by atoms with E-state index in [1.54, 1.807) is 0 Å². The van der Waals surface area contributed by atoms with Crippen LogP contribution in [0.4, 0.5) is 13.2 Å². The number of hydrogen-bond acceptors (Lipinski definition) is 3. The van der Waals surface area contributed by atoms with E-state index in [4.69, 9.17) is 4.74 Å². The first-order chi connectivity index (χ1) is 12.4. The van der Waals surface area contributed by atoms with E-state index in [0.29, 0.717) is 18.9 Å². The fraction of sp³-hybridized carbons (Fsp3) is 0.632. The summed E-state index contributed by atoms with van der Waals surface area (Å²) in [7, 11) is 0. The number of alkyl halides is 3. The van der Waals surface area contributed by atoms with Crippen LogP contribution in [-0.4, -0.2) is 49.2 Å². The number of carbonyl (C=O) groups is 1. The van der Waals surface area contributed by atoms with Gasteiger partial charge in [0.25, 0.3) is 0 Å². The van der Waals surface area contributed by atoms with Gasteiger partial charge in [0.2, 0.25) is 5.91 Å². The number of benzene rings is 1. The average molecular weight is 370 g/mol. The summed E-state index contributed by atoms with van der Waals surface area (Å²) in [6, 6.07) is 5.74. The minimum atomic E-state index is -4.32. The van der Waals surface area contributed by atoms with Crippen molar-refractivity contribution < 1.29 is 22.7 Å². The van der Waals surface area contributed by atoms with Gasteiger partial charge in [-0.1, -0.05) is 12.1 Å². The zero-order valence-corrected chi connectivity index (χ0v) is 14.7. The van der Waals surface area contributed by atoms with E-state index in [1.807, 2.05) is 0 Å². The van der Waals surface area contributed by atoms with Crippen molar-refractivity contribution in [3.8, 4) is 0 Å². The number of carbonyl (C=O) groups excluding carboxylic acids is 1. The van der Waals surface area contributed by atoms with Crippen LogP contribution >= 0.6 is 0 Å². The van der Waals surface area contributed by atoms with Gasteiger partial charge >= 0.3 is 6.18 Å². The molecule has 1 unspecified atom stereocenters. The maximum Gasteiger partial charge on any atom is 0.416 e. The summed E-state index contributed by atoms with van der Waals surface area (Å²) in [6.07, 6.45) is -0.541. The lowest BCUT2D eigenvalue weighted by Crippen LogP contribution is -2.41. The van der Waals surface area contributed by atoms with Gasteiger partial charge in [0, 0.05) is 44.8 Å². The van der Waals surface area contributed by atoms with Crippen LogP contribution < -0.4 is 5.32 Å². The minimum Gasteiger partial charge on any atom is -0.381 e. The van der Waals surface area contributed by atoms with Gasteiger partial charge in [0.15, 0.2) is 0 Å². The Morgan fingerprint density at radius 1 is 1.15 bits per heavy atom. The number of ether oxygens (including phenoxy) is 1. The summed E-state index contributed by atoms with van der Waals surface area (Å²) in [5.41, 5.74) is 0.0771. The van der Waals surface area contributed by atoms with E-state index in [0.717, 1.165) is 63.3 Å². The Morgan fingerprint density at radius 2 is 1.85 bits per heavy atom. The van der Waals surface area contributed by atoms with E-state index >= 15 is 0 Å². The lowest BCUT2D eigenvalue weighted by molar-refractivity contribution is -0.137. The molecule has 0 spiro atoms. The third-order valence-corrected chi connectivity index (χ3v) is 5.21. The topological polar surface area (TPSA) is 41.6 Å². The standard InChI is InChI=1S/C19H25F3N2O2/c20-19(21,22)15-4-1-14(2-5-15)3-6-18(25)23-16-7-10-24(13-16)17-8-11-26-12-9-17/h1-2,4-5,16-17H,3,6-13H2,(H,23,25). The SMILES string of the molecule is O=C(CCc1ccc(C(F)(F)F)cc1)NC1CCN(C2CCOCC2)C1. The highest BCUT2D eigenvalue weighted by Gasteiger charge is 2.31. The van der Waals surface area contributed by atoms with E-state index in [9.17, 15) is 18.0 Å². The maximum atomic E-state index is 12.6. The molecule has 7 heteroatoms. The number of halogens is 3. The molecule has 0 aromatic heterocycles. The van der Waals surface area contributed by atoms with E-state index in [2.05, 4.69) is 10.2 Å². The number of nitrogens with zero attached hydrogens (tertiary/aromatic N) is 1. The molecule has 2 heterocycles. The van der Waals surface area contributed by atoms with Gasteiger partial charge in [-0.05, 0) is 43.4 Å². The van der Waals surface area contributed by atoms with Crippen molar-refractivity contribution in [2.45, 2.75) is 50.4 Å². The van der Waals surface area contributed by atoms with Gasteiger partial charge in [-0.25, -0.2) is 0 Å². The molecule has 0 bridgehead atoms. The third-order valence-electron chi connectivity index (χ3n) is 5.21. The molecule has 2 aliphatic rings. The van der Waals surface area contributed by atoms with E-state index in [-0.39, 0.29) is 11.9 Å². The van der Waals surface area contributed by atoms with Gasteiger partial charge in [0.1, 0.15) is 0 Å². The molecular weight excluding hydrogens is 345 g/mol. The van der Waals surface area contributed by atoms with Crippen LogP contribution in [-0.2, 0) is 22.1 Å². The molecule has 0 aliphatic carbocycles. The number of rotatable bonds is 5. The van der Waals surface area contributed by atoms with Crippen molar-refractivity contribution in [1.82, 2.24) is 10.2 Å². The van der Waals surface area contributed by atoms with Crippen LogP contribution in [0, 0.1) is 0 Å². The predicted molar refractivity (Wildman–Crippen MR) is 91.7 cm³/mol. The molecule has 144 valence electrons. The van der Waals surface area contributed by atoms with Gasteiger partial charge in [-0.3, -0.25) is 9.69 Å². The summed E-state index contributed by atoms with van der Waals surface area (Å²) in [6.45, 7) is 3.49. The van der Waals surface area contributed by atoms with Crippen molar-refractivity contribution in [3.05, 3.63) is 35.4 Å². The first-order valence-electron chi connectivity index (χ1n) is 9.19. The second-order valence-electron chi connectivity index (χ2n) is 7.09. The molecule has 0 radical (unpaired) electrons. The van der Waals surface area contributed by atoms with Crippen molar-refractivity contribution in [3.63, 3.8) is 0 Å². The van der Waals surface area contributed by atoms with E-state index < -0.39 is 11.7 Å². The largest absolute Gasteiger partial charge is 0.416 e. The third kappa shape index (κ3) is 5.20. The first-order valence-corrected chi connectivity index (χ1v) is 9.19. The number of aryl methyl sites for hydroxylation is 1. The molecule has 1 aromatic rings. The normalized spacial score (nSPS) is 22.5. The van der Waals surface area contributed by atoms with Crippen LogP contribution in [0.15, 0.2) is 24.3 Å². The predicted octanol–water partition coefficient (Wildman–Crippen LogP) is 3.01. The summed E-state index contributed by atoms with van der Waals surface area (Å²) in [5, 5.41) is 3.06. The number of nitrogens with one attached hydrogen (secondary N) is 1. The number of amides is 1. The van der Waals surface area contributed by atoms with Crippen LogP contribution in [0.5, 0.6) is 0 Å². The van der Waals surface area contributed by atoms with Crippen molar-refractivity contribution in [2.24, 2.45) is 0 Å². The Labute approximate surface area is 151 Å². The molecule has 3 rings (SSSR count). The molecule has 2 saturated heterocycles. The zero-order chi connectivity index (χ0) is 18.6. The quantitative estimate of drug-likeness (QED) is 0.866. The smallest absolute Gasteiger partial charge is 0.381 e. The summed E-state index contributed by atoms with van der Waals surface area (Å²) in [4.78, 5) is 14.6. The average Bonchev–Trinajstić information content (AvgIpc) is 3.09. The van der Waals surface area contributed by atoms with Crippen molar-refractivity contribution >= 4 is 5.91 Å². The molecule has 1 N–H and O–H groups in total. The molecule has 2 aliphatic heterocycles. The Balaban J connectivity index is 1.40. The second-order valence-corrected chi connectivity index (χ2v) is 7.09. The van der Waals surface area contributed by atoms with Crippen LogP contribution in [0.25, 0.3) is 0 Å². The lowest BCUT2D eigenvalue weighted by atomic mass is 10.1. The number of hydrogen-bond donors (Lipinski definition) is 1. The van der Waals surface area contributed by atoms with Crippen LogP contribution in [0.3, 0.4) is 0 Å². The Morgan fingerprint density at radius 3 is 2.50 bits per heavy atom. The Bertz CT molecular complexity index is 598. The minimum absolute atomic E-state index is 0.0382. The molecule has 26 heavy (non-hydrogen) atoms. The summed E-state index contributed by atoms with van der Waals surface area (Å²) in [5.74, 6) is -0.0382. The summed E-state index contributed by atoms with van der Waals surface area (Å²) >= 11 is 0. The fourth-order valence-electron chi connectivity index (χ4n) is 3.71. The Hall–Kier alpha value is -1.60. The highest BCUT2D eigenvalue weighted by molar-refractivity contribution is 5.76. The lowest BCUT2D eigenvalue weighted by Gasteiger charge is -2.31. The molecule has 0 saturated carbocycles. The van der Waals surface area contributed by atoms with Gasteiger partial charge in [-0.15, -0.1) is 0 Å². The zero-order valence-electron chi connectivity index (χ0n) is 14.7. The molecule has 1 amide bonds. The maximum absolute atomic E-state index is 12.6. The Kier molecular flexibility index (Phi) is 6.19. The monoisotopic (exact) mass is 370 g/mol. The van der Waals surface area contributed by atoms with Gasteiger partial charge in [-0.2, -0.15) is 13.2 Å². The summed E-state index contributed by atoms with van der Waals surface area (Å²) < 4.78 is 43.0. The molecule has 4 nitrogen and oxygen atoms in total. The van der Waals surface area contributed by atoms with Gasteiger partial charge < -0.3 is 10.1 Å². The van der Waals surface area contributed by atoms with Crippen LogP contribution in [0.1, 0.15) is 36.8 Å². The fourth-order valence-corrected chi connectivity index (χ4v) is 3.71. The van der Waals surface area contributed by atoms with Crippen molar-refractivity contribution in [2.75, 3.05) is 26.3 Å². The second kappa shape index (κ2) is 8.39.